The molecule has 0 fully saturated rings. The first-order chi connectivity index (χ1) is 11.3. The zero-order chi connectivity index (χ0) is 16.3. The van der Waals surface area contributed by atoms with Gasteiger partial charge in [0, 0.05) is 30.2 Å². The molecule has 2 rings (SSSR count). The smallest absolute Gasteiger partial charge is 0.228 e. The van der Waals surface area contributed by atoms with E-state index in [9.17, 15) is 0 Å². The molecule has 0 saturated carbocycles. The van der Waals surface area contributed by atoms with Crippen molar-refractivity contribution in [2.75, 3.05) is 25.4 Å². The van der Waals surface area contributed by atoms with Gasteiger partial charge < -0.3 is 15.2 Å². The molecule has 2 N–H and O–H groups in total. The van der Waals surface area contributed by atoms with Crippen LogP contribution in [0.5, 0.6) is 0 Å². The summed E-state index contributed by atoms with van der Waals surface area (Å²) in [5.41, 5.74) is 0. The summed E-state index contributed by atoms with van der Waals surface area (Å²) in [5, 5.41) is 10.3. The predicted molar refractivity (Wildman–Crippen MR) is 93.9 cm³/mol. The molecular formula is C16H23N5OS. The fourth-order valence-electron chi connectivity index (χ4n) is 1.90. The van der Waals surface area contributed by atoms with Crippen LogP contribution in [0.2, 0.25) is 0 Å². The molecule has 1 aromatic heterocycles. The van der Waals surface area contributed by atoms with Crippen molar-refractivity contribution >= 4 is 17.7 Å². The van der Waals surface area contributed by atoms with E-state index in [1.807, 2.05) is 24.8 Å². The van der Waals surface area contributed by atoms with Crippen LogP contribution in [0.1, 0.15) is 18.6 Å². The van der Waals surface area contributed by atoms with Gasteiger partial charge >= 0.3 is 0 Å². The van der Waals surface area contributed by atoms with Crippen molar-refractivity contribution in [3.8, 4) is 0 Å². The molecule has 6 nitrogen and oxygen atoms in total. The largest absolute Gasteiger partial charge is 0.357 e. The number of benzene rings is 1. The standard InChI is InChI=1S/C16H23N5OS/c1-3-17-16(18-10-9-15-20-13(2)21-22-15)19-11-12-23-14-7-5-4-6-8-14/h4-8H,3,9-12H2,1-2H3,(H2,17,18,19). The van der Waals surface area contributed by atoms with Crippen LogP contribution in [0, 0.1) is 6.92 Å². The zero-order valence-electron chi connectivity index (χ0n) is 13.6. The normalized spacial score (nSPS) is 11.5. The van der Waals surface area contributed by atoms with E-state index in [1.165, 1.54) is 4.90 Å². The van der Waals surface area contributed by atoms with Crippen molar-refractivity contribution in [2.45, 2.75) is 25.2 Å². The van der Waals surface area contributed by atoms with E-state index >= 15 is 0 Å². The fourth-order valence-corrected chi connectivity index (χ4v) is 2.69. The molecule has 0 aliphatic carbocycles. The van der Waals surface area contributed by atoms with Crippen LogP contribution in [-0.2, 0) is 6.42 Å². The third-order valence-corrected chi connectivity index (χ3v) is 3.93. The highest BCUT2D eigenvalue weighted by molar-refractivity contribution is 7.99. The van der Waals surface area contributed by atoms with Crippen molar-refractivity contribution in [3.63, 3.8) is 0 Å². The third kappa shape index (κ3) is 6.73. The van der Waals surface area contributed by atoms with Crippen LogP contribution in [0.4, 0.5) is 0 Å². The summed E-state index contributed by atoms with van der Waals surface area (Å²) in [6, 6.07) is 10.4. The SMILES string of the molecule is CCNC(=NCCc1nc(C)no1)NCCSc1ccccc1. The molecule has 0 atom stereocenters. The number of thioether (sulfide) groups is 1. The lowest BCUT2D eigenvalue weighted by Gasteiger charge is -2.10. The van der Waals surface area contributed by atoms with Crippen LogP contribution in [0.3, 0.4) is 0 Å². The summed E-state index contributed by atoms with van der Waals surface area (Å²) in [5.74, 6) is 3.09. The minimum atomic E-state index is 0.614. The Labute approximate surface area is 141 Å². The van der Waals surface area contributed by atoms with Gasteiger partial charge in [-0.05, 0) is 26.0 Å². The minimum Gasteiger partial charge on any atom is -0.357 e. The van der Waals surface area contributed by atoms with E-state index in [-0.39, 0.29) is 0 Å². The molecule has 0 aliphatic rings. The second kappa shape index (κ2) is 9.89. The number of aliphatic imine (C=N–C) groups is 1. The lowest BCUT2D eigenvalue weighted by atomic mass is 10.4. The number of hydrogen-bond acceptors (Lipinski definition) is 5. The Hall–Kier alpha value is -2.02. The Kier molecular flexibility index (Phi) is 7.45. The van der Waals surface area contributed by atoms with E-state index in [0.29, 0.717) is 24.7 Å². The summed E-state index contributed by atoms with van der Waals surface area (Å²) < 4.78 is 5.08. The maximum absolute atomic E-state index is 5.08. The van der Waals surface area contributed by atoms with Crippen LogP contribution in [0.15, 0.2) is 44.7 Å². The summed E-state index contributed by atoms with van der Waals surface area (Å²) in [6.07, 6.45) is 0.649. The van der Waals surface area contributed by atoms with Gasteiger partial charge in [0.15, 0.2) is 11.8 Å². The first-order valence-electron chi connectivity index (χ1n) is 7.77. The lowest BCUT2D eigenvalue weighted by molar-refractivity contribution is 0.376. The average Bonchev–Trinajstić information content (AvgIpc) is 2.98. The summed E-state index contributed by atoms with van der Waals surface area (Å²) >= 11 is 1.83. The molecule has 0 unspecified atom stereocenters. The molecule has 1 aromatic carbocycles. The molecule has 0 amide bonds. The van der Waals surface area contributed by atoms with Gasteiger partial charge in [-0.2, -0.15) is 4.98 Å². The highest BCUT2D eigenvalue weighted by atomic mass is 32.2. The Morgan fingerprint density at radius 1 is 1.26 bits per heavy atom. The van der Waals surface area contributed by atoms with Gasteiger partial charge in [0.05, 0.1) is 6.54 Å². The van der Waals surface area contributed by atoms with Crippen molar-refractivity contribution < 1.29 is 4.52 Å². The van der Waals surface area contributed by atoms with Crippen LogP contribution >= 0.6 is 11.8 Å². The summed E-state index contributed by atoms with van der Waals surface area (Å²) in [6.45, 7) is 6.16. The van der Waals surface area contributed by atoms with Crippen molar-refractivity contribution in [1.29, 1.82) is 0 Å². The van der Waals surface area contributed by atoms with Gasteiger partial charge in [-0.3, -0.25) is 4.99 Å². The molecule has 0 spiro atoms. The van der Waals surface area contributed by atoms with E-state index < -0.39 is 0 Å². The number of aryl methyl sites for hydroxylation is 1. The van der Waals surface area contributed by atoms with Gasteiger partial charge in [0.25, 0.3) is 0 Å². The first kappa shape index (κ1) is 17.3. The highest BCUT2D eigenvalue weighted by Crippen LogP contribution is 2.15. The lowest BCUT2D eigenvalue weighted by Crippen LogP contribution is -2.38. The van der Waals surface area contributed by atoms with Gasteiger partial charge in [-0.1, -0.05) is 23.4 Å². The molecule has 2 aromatic rings. The van der Waals surface area contributed by atoms with E-state index in [1.54, 1.807) is 0 Å². The second-order valence-corrected chi connectivity index (χ2v) is 6.00. The molecule has 124 valence electrons. The van der Waals surface area contributed by atoms with E-state index in [4.69, 9.17) is 4.52 Å². The number of guanidine groups is 1. The number of aromatic nitrogens is 2. The Bertz CT molecular complexity index is 600. The summed E-state index contributed by atoms with van der Waals surface area (Å²) in [4.78, 5) is 9.97. The van der Waals surface area contributed by atoms with E-state index in [0.717, 1.165) is 24.8 Å². The molecular weight excluding hydrogens is 310 g/mol. The Balaban J connectivity index is 1.70. The first-order valence-corrected chi connectivity index (χ1v) is 8.75. The molecule has 7 heteroatoms. The maximum Gasteiger partial charge on any atom is 0.228 e. The topological polar surface area (TPSA) is 75.3 Å². The number of nitrogens with one attached hydrogen (secondary N) is 2. The minimum absolute atomic E-state index is 0.614. The monoisotopic (exact) mass is 333 g/mol. The van der Waals surface area contributed by atoms with Crippen molar-refractivity contribution in [1.82, 2.24) is 20.8 Å². The molecule has 1 heterocycles. The number of hydrogen-bond donors (Lipinski definition) is 2. The Morgan fingerprint density at radius 3 is 2.78 bits per heavy atom. The van der Waals surface area contributed by atoms with Crippen LogP contribution < -0.4 is 10.6 Å². The maximum atomic E-state index is 5.08. The molecule has 0 saturated heterocycles. The van der Waals surface area contributed by atoms with Crippen molar-refractivity contribution in [3.05, 3.63) is 42.0 Å². The van der Waals surface area contributed by atoms with Gasteiger partial charge in [-0.15, -0.1) is 11.8 Å². The second-order valence-electron chi connectivity index (χ2n) is 4.83. The number of rotatable bonds is 8. The zero-order valence-corrected chi connectivity index (χ0v) is 14.4. The van der Waals surface area contributed by atoms with Crippen LogP contribution in [-0.4, -0.2) is 41.5 Å². The third-order valence-electron chi connectivity index (χ3n) is 2.92. The fraction of sp³-hybridized carbons (Fsp3) is 0.438. The van der Waals surface area contributed by atoms with Gasteiger partial charge in [-0.25, -0.2) is 0 Å². The summed E-state index contributed by atoms with van der Waals surface area (Å²) in [7, 11) is 0. The predicted octanol–water partition coefficient (Wildman–Crippen LogP) is 2.27. The number of nitrogens with zero attached hydrogens (tertiary/aromatic N) is 3. The molecule has 0 aliphatic heterocycles. The average molecular weight is 333 g/mol. The Morgan fingerprint density at radius 2 is 2.09 bits per heavy atom. The van der Waals surface area contributed by atoms with E-state index in [2.05, 4.69) is 57.0 Å². The van der Waals surface area contributed by atoms with Crippen molar-refractivity contribution in [2.24, 2.45) is 4.99 Å². The quantitative estimate of drug-likeness (QED) is 0.334. The molecule has 23 heavy (non-hydrogen) atoms. The molecule has 0 radical (unpaired) electrons. The molecule has 0 bridgehead atoms. The van der Waals surface area contributed by atoms with Crippen LogP contribution in [0.25, 0.3) is 0 Å². The van der Waals surface area contributed by atoms with Gasteiger partial charge in [0.1, 0.15) is 0 Å². The van der Waals surface area contributed by atoms with Gasteiger partial charge in [0.2, 0.25) is 5.89 Å². The highest BCUT2D eigenvalue weighted by Gasteiger charge is 2.02.